The van der Waals surface area contributed by atoms with Crippen molar-refractivity contribution < 1.29 is 9.90 Å². The highest BCUT2D eigenvalue weighted by Crippen LogP contribution is 2.29. The average molecular weight is 348 g/mol. The van der Waals surface area contributed by atoms with E-state index in [1.807, 2.05) is 6.07 Å². The first kappa shape index (κ1) is 17.8. The molecule has 2 N–H and O–H groups in total. The maximum atomic E-state index is 11.7. The van der Waals surface area contributed by atoms with Gasteiger partial charge in [0.15, 0.2) is 0 Å². The van der Waals surface area contributed by atoms with Gasteiger partial charge in [0.05, 0.1) is 11.7 Å². The van der Waals surface area contributed by atoms with Crippen molar-refractivity contribution in [2.75, 3.05) is 37.6 Å². The van der Waals surface area contributed by atoms with Crippen molar-refractivity contribution in [2.24, 2.45) is 5.92 Å². The lowest BCUT2D eigenvalue weighted by Crippen LogP contribution is -2.60. The highest BCUT2D eigenvalue weighted by atomic mass is 16.4. The molecule has 1 aromatic heterocycles. The fraction of sp³-hybridized carbons (Fsp3) is 0.667. The van der Waals surface area contributed by atoms with Crippen LogP contribution in [0.5, 0.6) is 0 Å². The van der Waals surface area contributed by atoms with Crippen LogP contribution >= 0.6 is 0 Å². The van der Waals surface area contributed by atoms with Crippen LogP contribution in [0.15, 0.2) is 23.1 Å². The number of nitrogens with zero attached hydrogens (tertiary/aromatic N) is 3. The SMILES string of the molecule is CC(C)N1CCN(C(=O)O)C(C2CCN(c3ccc(=O)[nH]c3)CC2)C1. The minimum atomic E-state index is -0.795. The molecule has 2 saturated heterocycles. The molecular weight excluding hydrogens is 320 g/mol. The van der Waals surface area contributed by atoms with E-state index in [0.717, 1.165) is 44.7 Å². The third-order valence-electron chi connectivity index (χ3n) is 5.64. The summed E-state index contributed by atoms with van der Waals surface area (Å²) in [7, 11) is 0. The predicted octanol–water partition coefficient (Wildman–Crippen LogP) is 1.66. The Kier molecular flexibility index (Phi) is 5.32. The van der Waals surface area contributed by atoms with Crippen LogP contribution in [0.4, 0.5) is 10.5 Å². The molecule has 1 unspecified atom stereocenters. The molecule has 0 aromatic carbocycles. The molecule has 2 aliphatic rings. The Morgan fingerprint density at radius 1 is 1.20 bits per heavy atom. The van der Waals surface area contributed by atoms with Gasteiger partial charge in [0.25, 0.3) is 0 Å². The van der Waals surface area contributed by atoms with Crippen LogP contribution in [0, 0.1) is 5.92 Å². The maximum absolute atomic E-state index is 11.7. The minimum Gasteiger partial charge on any atom is -0.465 e. The summed E-state index contributed by atoms with van der Waals surface area (Å²) in [6, 6.07) is 3.92. The number of pyridine rings is 1. The Labute approximate surface area is 148 Å². The highest BCUT2D eigenvalue weighted by Gasteiger charge is 2.37. The van der Waals surface area contributed by atoms with Crippen LogP contribution in [0.1, 0.15) is 26.7 Å². The molecule has 0 radical (unpaired) electrons. The van der Waals surface area contributed by atoms with E-state index in [2.05, 4.69) is 28.6 Å². The number of nitrogens with one attached hydrogen (secondary N) is 1. The number of aromatic nitrogens is 1. The van der Waals surface area contributed by atoms with Crippen molar-refractivity contribution in [1.82, 2.24) is 14.8 Å². The van der Waals surface area contributed by atoms with Gasteiger partial charge in [0.1, 0.15) is 0 Å². The largest absolute Gasteiger partial charge is 0.465 e. The lowest BCUT2D eigenvalue weighted by atomic mass is 9.86. The average Bonchev–Trinajstić information content (AvgIpc) is 2.62. The Bertz CT molecular complexity index is 631. The number of hydrogen-bond acceptors (Lipinski definition) is 4. The molecule has 0 aliphatic carbocycles. The summed E-state index contributed by atoms with van der Waals surface area (Å²) in [6.45, 7) is 8.37. The van der Waals surface area contributed by atoms with Gasteiger partial charge in [-0.15, -0.1) is 0 Å². The van der Waals surface area contributed by atoms with Crippen LogP contribution < -0.4 is 10.5 Å². The zero-order chi connectivity index (χ0) is 18.0. The van der Waals surface area contributed by atoms with Crippen LogP contribution in [-0.4, -0.2) is 70.8 Å². The van der Waals surface area contributed by atoms with Gasteiger partial charge in [0, 0.05) is 51.0 Å². The second-order valence-corrected chi connectivity index (χ2v) is 7.37. The first-order valence-corrected chi connectivity index (χ1v) is 9.13. The Morgan fingerprint density at radius 3 is 2.48 bits per heavy atom. The molecular formula is C18H28N4O3. The molecule has 3 heterocycles. The lowest BCUT2D eigenvalue weighted by molar-refractivity contribution is 0.0258. The van der Waals surface area contributed by atoms with Gasteiger partial charge in [-0.1, -0.05) is 0 Å². The van der Waals surface area contributed by atoms with Gasteiger partial charge in [-0.05, 0) is 38.7 Å². The van der Waals surface area contributed by atoms with Gasteiger partial charge < -0.3 is 19.9 Å². The second kappa shape index (κ2) is 7.47. The van der Waals surface area contributed by atoms with Crippen LogP contribution in [0.2, 0.25) is 0 Å². The van der Waals surface area contributed by atoms with E-state index in [1.165, 1.54) is 0 Å². The van der Waals surface area contributed by atoms with Crippen molar-refractivity contribution in [1.29, 1.82) is 0 Å². The number of rotatable bonds is 3. The maximum Gasteiger partial charge on any atom is 0.407 e. The van der Waals surface area contributed by atoms with E-state index in [9.17, 15) is 14.7 Å². The molecule has 1 aromatic rings. The van der Waals surface area contributed by atoms with Crippen LogP contribution in [0.3, 0.4) is 0 Å². The number of amides is 1. The van der Waals surface area contributed by atoms with Gasteiger partial charge >= 0.3 is 6.09 Å². The molecule has 0 spiro atoms. The number of H-pyrrole nitrogens is 1. The Hall–Kier alpha value is -2.02. The first-order valence-electron chi connectivity index (χ1n) is 9.13. The number of carbonyl (C=O) groups is 1. The standard InChI is InChI=1S/C18H28N4O3/c1-13(2)21-9-10-22(18(24)25)16(12-21)14-5-7-20(8-6-14)15-3-4-17(23)19-11-15/h3-4,11,13-14,16H,5-10,12H2,1-2H3,(H,19,23)(H,24,25). The van der Waals surface area contributed by atoms with E-state index in [1.54, 1.807) is 17.2 Å². The quantitative estimate of drug-likeness (QED) is 0.868. The number of carboxylic acid groups (broad SMARTS) is 1. The summed E-state index contributed by atoms with van der Waals surface area (Å²) < 4.78 is 0. The normalized spacial score (nSPS) is 23.2. The molecule has 2 aliphatic heterocycles. The fourth-order valence-electron chi connectivity index (χ4n) is 4.08. The second-order valence-electron chi connectivity index (χ2n) is 7.37. The van der Waals surface area contributed by atoms with Gasteiger partial charge in [-0.3, -0.25) is 9.69 Å². The summed E-state index contributed by atoms with van der Waals surface area (Å²) >= 11 is 0. The highest BCUT2D eigenvalue weighted by molar-refractivity contribution is 5.65. The van der Waals surface area contributed by atoms with Gasteiger partial charge in [-0.25, -0.2) is 4.79 Å². The number of piperidine rings is 1. The third-order valence-corrected chi connectivity index (χ3v) is 5.64. The van der Waals surface area contributed by atoms with Crippen molar-refractivity contribution in [3.05, 3.63) is 28.7 Å². The monoisotopic (exact) mass is 348 g/mol. The molecule has 3 rings (SSSR count). The zero-order valence-corrected chi connectivity index (χ0v) is 15.0. The Balaban J connectivity index is 1.65. The lowest BCUT2D eigenvalue weighted by Gasteiger charge is -2.47. The predicted molar refractivity (Wildman–Crippen MR) is 97.2 cm³/mol. The van der Waals surface area contributed by atoms with Crippen molar-refractivity contribution in [3.63, 3.8) is 0 Å². The molecule has 138 valence electrons. The van der Waals surface area contributed by atoms with Crippen molar-refractivity contribution in [3.8, 4) is 0 Å². The summed E-state index contributed by atoms with van der Waals surface area (Å²) in [4.78, 5) is 31.9. The van der Waals surface area contributed by atoms with Gasteiger partial charge in [0.2, 0.25) is 5.56 Å². The van der Waals surface area contributed by atoms with Crippen LogP contribution in [0.25, 0.3) is 0 Å². The Morgan fingerprint density at radius 2 is 1.92 bits per heavy atom. The molecule has 25 heavy (non-hydrogen) atoms. The van der Waals surface area contributed by atoms with Crippen molar-refractivity contribution >= 4 is 11.8 Å². The smallest absolute Gasteiger partial charge is 0.407 e. The first-order chi connectivity index (χ1) is 12.0. The van der Waals surface area contributed by atoms with Gasteiger partial charge in [-0.2, -0.15) is 0 Å². The summed E-state index contributed by atoms with van der Waals surface area (Å²) in [6.07, 6.45) is 2.91. The molecule has 1 atom stereocenters. The number of anilines is 1. The summed E-state index contributed by atoms with van der Waals surface area (Å²) in [5.41, 5.74) is 0.937. The van der Waals surface area contributed by atoms with E-state index >= 15 is 0 Å². The molecule has 1 amide bonds. The van der Waals surface area contributed by atoms with E-state index in [4.69, 9.17) is 0 Å². The summed E-state index contributed by atoms with van der Waals surface area (Å²) in [5.74, 6) is 0.386. The molecule has 0 saturated carbocycles. The number of hydrogen-bond donors (Lipinski definition) is 2. The molecule has 0 bridgehead atoms. The molecule has 2 fully saturated rings. The topological polar surface area (TPSA) is 79.9 Å². The number of aromatic amines is 1. The molecule has 7 nitrogen and oxygen atoms in total. The van der Waals surface area contributed by atoms with E-state index < -0.39 is 6.09 Å². The van der Waals surface area contributed by atoms with E-state index in [0.29, 0.717) is 18.5 Å². The molecule has 7 heteroatoms. The zero-order valence-electron chi connectivity index (χ0n) is 15.0. The van der Waals surface area contributed by atoms with Crippen molar-refractivity contribution in [2.45, 2.75) is 38.8 Å². The van der Waals surface area contributed by atoms with E-state index in [-0.39, 0.29) is 11.6 Å². The number of piperazine rings is 1. The third kappa shape index (κ3) is 3.98. The minimum absolute atomic E-state index is 0.0754. The summed E-state index contributed by atoms with van der Waals surface area (Å²) in [5, 5.41) is 9.58. The van der Waals surface area contributed by atoms with Crippen LogP contribution in [-0.2, 0) is 0 Å². The fourth-order valence-corrected chi connectivity index (χ4v) is 4.08.